The Morgan fingerprint density at radius 1 is 1.18 bits per heavy atom. The fraction of sp³-hybridized carbons (Fsp3) is 0.286. The number of hydrogen-bond acceptors (Lipinski definition) is 7. The topological polar surface area (TPSA) is 95.6 Å². The molecule has 3 aromatic rings. The second kappa shape index (κ2) is 12.8. The lowest BCUT2D eigenvalue weighted by atomic mass is 10.1. The number of nitrogens with one attached hydrogen (secondary N) is 3. The fourth-order valence-corrected chi connectivity index (χ4v) is 6.22. The van der Waals surface area contributed by atoms with E-state index in [4.69, 9.17) is 17.0 Å². The summed E-state index contributed by atoms with van der Waals surface area (Å²) in [6.45, 7) is 2.71. The van der Waals surface area contributed by atoms with Crippen LogP contribution in [0.2, 0.25) is 0 Å². The summed E-state index contributed by atoms with van der Waals surface area (Å²) in [6, 6.07) is 15.3. The van der Waals surface area contributed by atoms with Crippen molar-refractivity contribution in [3.05, 3.63) is 77.9 Å². The summed E-state index contributed by atoms with van der Waals surface area (Å²) >= 11 is 6.60. The number of ether oxygens (including phenoxy) is 1. The van der Waals surface area contributed by atoms with Crippen LogP contribution in [-0.2, 0) is 22.4 Å². The van der Waals surface area contributed by atoms with Gasteiger partial charge in [-0.25, -0.2) is 4.39 Å². The third-order valence-electron chi connectivity index (χ3n) is 6.80. The van der Waals surface area contributed by atoms with Crippen molar-refractivity contribution in [1.29, 1.82) is 0 Å². The average Bonchev–Trinajstić information content (AvgIpc) is 3.56. The normalized spacial score (nSPS) is 18.1. The molecule has 1 saturated heterocycles. The minimum atomic E-state index is -0.604. The van der Waals surface area contributed by atoms with Gasteiger partial charge in [-0.3, -0.25) is 14.6 Å². The third kappa shape index (κ3) is 7.18. The second-order valence-electron chi connectivity index (χ2n) is 9.97. The van der Waals surface area contributed by atoms with Gasteiger partial charge >= 0.3 is 0 Å². The molecular formula is C28H29BFN5O3S2. The van der Waals surface area contributed by atoms with E-state index in [2.05, 4.69) is 33.7 Å². The molecule has 8 nitrogen and oxygen atoms in total. The average molecular weight is 578 g/mol. The van der Waals surface area contributed by atoms with Gasteiger partial charge in [-0.15, -0.1) is 11.8 Å². The Hall–Kier alpha value is -3.48. The number of rotatable bonds is 8. The molecule has 0 radical (unpaired) electrons. The summed E-state index contributed by atoms with van der Waals surface area (Å²) in [6.07, 6.45) is 3.36. The van der Waals surface area contributed by atoms with Gasteiger partial charge in [-0.05, 0) is 55.3 Å². The van der Waals surface area contributed by atoms with Crippen LogP contribution in [0.4, 0.5) is 10.1 Å². The number of halogens is 1. The van der Waals surface area contributed by atoms with Crippen LogP contribution in [0, 0.1) is 11.7 Å². The molecule has 1 unspecified atom stereocenters. The molecular weight excluding hydrogens is 548 g/mol. The van der Waals surface area contributed by atoms with Crippen LogP contribution >= 0.6 is 24.0 Å². The molecule has 0 aliphatic carbocycles. The maximum atomic E-state index is 15.0. The highest BCUT2D eigenvalue weighted by atomic mass is 32.2. The summed E-state index contributed by atoms with van der Waals surface area (Å²) in [5.74, 6) is 0.0546. The van der Waals surface area contributed by atoms with E-state index in [1.54, 1.807) is 18.3 Å². The molecule has 40 heavy (non-hydrogen) atoms. The summed E-state index contributed by atoms with van der Waals surface area (Å²) in [5.41, 5.74) is 1.99. The molecule has 1 fully saturated rings. The number of anilines is 1. The Labute approximate surface area is 242 Å². The highest BCUT2D eigenvalue weighted by Gasteiger charge is 2.32. The van der Waals surface area contributed by atoms with E-state index in [9.17, 15) is 14.0 Å². The summed E-state index contributed by atoms with van der Waals surface area (Å²) in [4.78, 5) is 32.5. The van der Waals surface area contributed by atoms with Gasteiger partial charge in [-0.1, -0.05) is 30.3 Å². The van der Waals surface area contributed by atoms with Crippen molar-refractivity contribution >= 4 is 54.6 Å². The lowest BCUT2D eigenvalue weighted by Crippen LogP contribution is -2.36. The van der Waals surface area contributed by atoms with Crippen molar-refractivity contribution < 1.29 is 18.7 Å². The monoisotopic (exact) mass is 577 g/mol. The van der Waals surface area contributed by atoms with E-state index in [0.29, 0.717) is 30.3 Å². The lowest BCUT2D eigenvalue weighted by molar-refractivity contribution is -0.121. The molecule has 0 bridgehead atoms. The maximum absolute atomic E-state index is 15.0. The molecule has 12 heteroatoms. The van der Waals surface area contributed by atoms with Crippen LogP contribution in [-0.4, -0.2) is 59.6 Å². The largest absolute Gasteiger partial charge is 0.453 e. The Kier molecular flexibility index (Phi) is 8.98. The molecule has 2 aliphatic heterocycles. The van der Waals surface area contributed by atoms with Crippen LogP contribution in [0.25, 0.3) is 0 Å². The van der Waals surface area contributed by atoms with Crippen LogP contribution in [0.1, 0.15) is 17.7 Å². The number of carbonyl (C=O) groups is 2. The molecule has 206 valence electrons. The van der Waals surface area contributed by atoms with Crippen molar-refractivity contribution in [2.75, 3.05) is 25.0 Å². The minimum absolute atomic E-state index is 0.0167. The maximum Gasteiger partial charge on any atom is 0.233 e. The number of aromatic nitrogens is 1. The van der Waals surface area contributed by atoms with E-state index >= 15 is 0 Å². The number of amides is 2. The summed E-state index contributed by atoms with van der Waals surface area (Å²) in [5, 5.41) is 8.28. The Balaban J connectivity index is 1.16. The van der Waals surface area contributed by atoms with Crippen molar-refractivity contribution in [3.63, 3.8) is 0 Å². The molecule has 3 heterocycles. The summed E-state index contributed by atoms with van der Waals surface area (Å²) in [7, 11) is 2.09. The molecule has 5 rings (SSSR count). The van der Waals surface area contributed by atoms with E-state index in [-0.39, 0.29) is 34.3 Å². The molecule has 3 N–H and O–H groups in total. The number of pyridine rings is 1. The summed E-state index contributed by atoms with van der Waals surface area (Å²) < 4.78 is 20.9. The zero-order valence-corrected chi connectivity index (χ0v) is 23.6. The second-order valence-corrected chi connectivity index (χ2v) is 11.6. The zero-order valence-electron chi connectivity index (χ0n) is 22.0. The van der Waals surface area contributed by atoms with E-state index in [1.807, 2.05) is 30.3 Å². The first kappa shape index (κ1) is 28.1. The molecule has 0 saturated carbocycles. The fourth-order valence-electron chi connectivity index (χ4n) is 4.78. The van der Waals surface area contributed by atoms with Gasteiger partial charge in [0.1, 0.15) is 5.75 Å². The number of benzene rings is 2. The van der Waals surface area contributed by atoms with Gasteiger partial charge in [0.05, 0.1) is 22.3 Å². The molecule has 1 aromatic heterocycles. The molecule has 2 atom stereocenters. The van der Waals surface area contributed by atoms with Crippen molar-refractivity contribution in [2.24, 2.45) is 5.92 Å². The van der Waals surface area contributed by atoms with Crippen molar-refractivity contribution in [2.45, 2.75) is 29.4 Å². The van der Waals surface area contributed by atoms with Crippen LogP contribution < -0.4 is 20.7 Å². The van der Waals surface area contributed by atoms with Crippen molar-refractivity contribution in [1.82, 2.24) is 20.4 Å². The van der Waals surface area contributed by atoms with Crippen molar-refractivity contribution in [3.8, 4) is 11.5 Å². The van der Waals surface area contributed by atoms with Crippen LogP contribution in [0.15, 0.2) is 65.7 Å². The van der Waals surface area contributed by atoms with Gasteiger partial charge in [0.2, 0.25) is 11.8 Å². The molecule has 2 aliphatic rings. The minimum Gasteiger partial charge on any atom is -0.453 e. The van der Waals surface area contributed by atoms with Gasteiger partial charge in [-0.2, -0.15) is 0 Å². The quantitative estimate of drug-likeness (QED) is 0.278. The number of hydrogen-bond donors (Lipinski definition) is 3. The third-order valence-corrected chi connectivity index (χ3v) is 8.34. The molecule has 2 amide bonds. The number of thiocarbonyl (C=S) groups is 1. The number of nitrogens with zero attached hydrogens (tertiary/aromatic N) is 2. The number of fused-ring (bicyclic) bond motifs is 1. The predicted molar refractivity (Wildman–Crippen MR) is 160 cm³/mol. The first-order valence-electron chi connectivity index (χ1n) is 13.1. The highest BCUT2D eigenvalue weighted by Crippen LogP contribution is 2.43. The van der Waals surface area contributed by atoms with Gasteiger partial charge < -0.3 is 25.5 Å². The SMILES string of the molecule is BN1CC[C@H](CNC(=O)C2Cc3nccc(Oc4ccc(NC(=S)NC(=O)Cc5ccccc5)cc4F)c3S2)C1. The molecule has 2 aromatic carbocycles. The first-order valence-corrected chi connectivity index (χ1v) is 14.4. The predicted octanol–water partition coefficient (Wildman–Crippen LogP) is 3.07. The standard InChI is InChI=1S/C28H29BFN5O3S2/c29-35-11-9-18(16-35)15-32-27(37)24-14-21-26(40-24)23(8-10-31-21)38-22-7-6-19(13-20(22)30)33-28(39)34-25(36)12-17-4-2-1-3-5-17/h1-8,10,13,18,24H,9,11-12,14-16,29H2,(H,32,37)(H2,33,34,36,39)/t18-,24?/m1/s1. The van der Waals surface area contributed by atoms with Gasteiger partial charge in [0.25, 0.3) is 0 Å². The first-order chi connectivity index (χ1) is 19.3. The van der Waals surface area contributed by atoms with E-state index < -0.39 is 5.82 Å². The zero-order chi connectivity index (χ0) is 28.1. The van der Waals surface area contributed by atoms with E-state index in [1.165, 1.54) is 23.9 Å². The van der Waals surface area contributed by atoms with Gasteiger partial charge in [0, 0.05) is 37.0 Å². The smallest absolute Gasteiger partial charge is 0.233 e. The number of thioether (sulfide) groups is 1. The Bertz CT molecular complexity index is 1410. The Morgan fingerprint density at radius 3 is 2.75 bits per heavy atom. The van der Waals surface area contributed by atoms with Crippen LogP contribution in [0.5, 0.6) is 11.5 Å². The van der Waals surface area contributed by atoms with E-state index in [0.717, 1.165) is 35.7 Å². The Morgan fingerprint density at radius 2 is 2.00 bits per heavy atom. The highest BCUT2D eigenvalue weighted by molar-refractivity contribution is 8.01. The lowest BCUT2D eigenvalue weighted by Gasteiger charge is -2.14. The van der Waals surface area contributed by atoms with Crippen LogP contribution in [0.3, 0.4) is 0 Å². The number of carbonyl (C=O) groups excluding carboxylic acids is 2. The van der Waals surface area contributed by atoms with Gasteiger partial charge in [0.15, 0.2) is 24.7 Å². The molecule has 0 spiro atoms.